The minimum Gasteiger partial charge on any atom is -0.340 e. The van der Waals surface area contributed by atoms with Gasteiger partial charge in [-0.1, -0.05) is 6.42 Å². The third kappa shape index (κ3) is 3.61. The number of piperazine rings is 1. The Morgan fingerprint density at radius 3 is 2.44 bits per heavy atom. The molecule has 5 nitrogen and oxygen atoms in total. The summed E-state index contributed by atoms with van der Waals surface area (Å²) in [5, 5.41) is 0. The van der Waals surface area contributed by atoms with Gasteiger partial charge in [0.25, 0.3) is 0 Å². The Morgan fingerprint density at radius 1 is 1.07 bits per heavy atom. The molecule has 3 atom stereocenters. The molecule has 0 unspecified atom stereocenters. The standard InChI is InChI=1S/C19H24F2N2O3S/c20-16-3-4-17(21)18(12-16)27(25,26)23-7-5-22(6-8-23)19(24)11-15-10-13-1-2-14(15)9-13/h3-4,12-15H,1-2,5-11H2/t13-,14-,15-/m1/s1. The Kier molecular flexibility index (Phi) is 4.96. The molecule has 3 aliphatic rings. The number of hydrogen-bond acceptors (Lipinski definition) is 3. The van der Waals surface area contributed by atoms with Crippen molar-refractivity contribution in [3.8, 4) is 0 Å². The lowest BCUT2D eigenvalue weighted by molar-refractivity contribution is -0.133. The maximum absolute atomic E-state index is 13.9. The Hall–Kier alpha value is -1.54. The van der Waals surface area contributed by atoms with Crippen molar-refractivity contribution >= 4 is 15.9 Å². The first kappa shape index (κ1) is 18.8. The zero-order valence-electron chi connectivity index (χ0n) is 15.1. The third-order valence-corrected chi connectivity index (χ3v) is 8.34. The van der Waals surface area contributed by atoms with E-state index in [1.165, 1.54) is 19.3 Å². The van der Waals surface area contributed by atoms with Crippen molar-refractivity contribution in [1.29, 1.82) is 0 Å². The molecule has 1 aromatic rings. The molecule has 0 aromatic heterocycles. The van der Waals surface area contributed by atoms with Crippen molar-refractivity contribution < 1.29 is 22.0 Å². The largest absolute Gasteiger partial charge is 0.340 e. The normalized spacial score (nSPS) is 28.7. The van der Waals surface area contributed by atoms with Gasteiger partial charge in [-0.15, -0.1) is 0 Å². The number of sulfonamides is 1. The molecule has 8 heteroatoms. The van der Waals surface area contributed by atoms with E-state index >= 15 is 0 Å². The zero-order chi connectivity index (χ0) is 19.2. The molecule has 3 fully saturated rings. The third-order valence-electron chi connectivity index (χ3n) is 6.42. The van der Waals surface area contributed by atoms with E-state index in [1.807, 2.05) is 0 Å². The summed E-state index contributed by atoms with van der Waals surface area (Å²) >= 11 is 0. The van der Waals surface area contributed by atoms with E-state index in [-0.39, 0.29) is 32.1 Å². The Labute approximate surface area is 158 Å². The quantitative estimate of drug-likeness (QED) is 0.784. The van der Waals surface area contributed by atoms with Gasteiger partial charge < -0.3 is 4.90 Å². The number of amides is 1. The zero-order valence-corrected chi connectivity index (χ0v) is 15.9. The van der Waals surface area contributed by atoms with Gasteiger partial charge in [0.1, 0.15) is 16.5 Å². The lowest BCUT2D eigenvalue weighted by atomic mass is 9.86. The molecule has 0 radical (unpaired) electrons. The number of halogens is 2. The molecular weight excluding hydrogens is 374 g/mol. The van der Waals surface area contributed by atoms with Gasteiger partial charge in [0, 0.05) is 32.6 Å². The Morgan fingerprint density at radius 2 is 1.81 bits per heavy atom. The van der Waals surface area contributed by atoms with Crippen molar-refractivity contribution in [3.05, 3.63) is 29.8 Å². The van der Waals surface area contributed by atoms with Gasteiger partial charge in [-0.3, -0.25) is 4.79 Å². The highest BCUT2D eigenvalue weighted by Crippen LogP contribution is 2.49. The molecule has 1 aliphatic heterocycles. The van der Waals surface area contributed by atoms with Crippen LogP contribution < -0.4 is 0 Å². The SMILES string of the molecule is O=C(C[C@H]1C[C@@H]2CC[C@@H]1C2)N1CCN(S(=O)(=O)c2cc(F)ccc2F)CC1. The van der Waals surface area contributed by atoms with Gasteiger partial charge in [-0.2, -0.15) is 4.31 Å². The molecule has 2 bridgehead atoms. The van der Waals surface area contributed by atoms with Crippen LogP contribution in [0.25, 0.3) is 0 Å². The van der Waals surface area contributed by atoms with Crippen molar-refractivity contribution in [3.63, 3.8) is 0 Å². The number of hydrogen-bond donors (Lipinski definition) is 0. The molecule has 2 aliphatic carbocycles. The summed E-state index contributed by atoms with van der Waals surface area (Å²) in [7, 11) is -4.11. The fraction of sp³-hybridized carbons (Fsp3) is 0.632. The smallest absolute Gasteiger partial charge is 0.246 e. The summed E-state index contributed by atoms with van der Waals surface area (Å²) in [4.78, 5) is 13.7. The first-order chi connectivity index (χ1) is 12.8. The fourth-order valence-corrected chi connectivity index (χ4v) is 6.47. The number of carbonyl (C=O) groups is 1. The van der Waals surface area contributed by atoms with E-state index in [4.69, 9.17) is 0 Å². The van der Waals surface area contributed by atoms with Crippen LogP contribution in [0.15, 0.2) is 23.1 Å². The molecule has 0 spiro atoms. The number of nitrogens with zero attached hydrogens (tertiary/aromatic N) is 2. The number of rotatable bonds is 4. The lowest BCUT2D eigenvalue weighted by Gasteiger charge is -2.35. The summed E-state index contributed by atoms with van der Waals surface area (Å²) in [6.07, 6.45) is 5.47. The van der Waals surface area contributed by atoms with Crippen LogP contribution in [0.2, 0.25) is 0 Å². The van der Waals surface area contributed by atoms with E-state index in [1.54, 1.807) is 4.90 Å². The van der Waals surface area contributed by atoms with E-state index in [0.29, 0.717) is 24.3 Å². The average Bonchev–Trinajstić information content (AvgIpc) is 3.27. The fourth-order valence-electron chi connectivity index (χ4n) is 4.97. The molecular formula is C19H24F2N2O3S. The molecule has 1 aromatic carbocycles. The predicted octanol–water partition coefficient (Wildman–Crippen LogP) is 2.62. The highest BCUT2D eigenvalue weighted by Gasteiger charge is 2.41. The topological polar surface area (TPSA) is 57.7 Å². The minimum atomic E-state index is -4.11. The van der Waals surface area contributed by atoms with E-state index < -0.39 is 26.6 Å². The highest BCUT2D eigenvalue weighted by atomic mass is 32.2. The number of fused-ring (bicyclic) bond motifs is 2. The van der Waals surface area contributed by atoms with Crippen LogP contribution in [0.3, 0.4) is 0 Å². The van der Waals surface area contributed by atoms with Gasteiger partial charge in [-0.25, -0.2) is 17.2 Å². The van der Waals surface area contributed by atoms with Gasteiger partial charge >= 0.3 is 0 Å². The van der Waals surface area contributed by atoms with Crippen LogP contribution in [-0.2, 0) is 14.8 Å². The van der Waals surface area contributed by atoms with Crippen LogP contribution in [-0.4, -0.2) is 49.7 Å². The molecule has 2 saturated carbocycles. The van der Waals surface area contributed by atoms with Gasteiger partial charge in [0.2, 0.25) is 15.9 Å². The monoisotopic (exact) mass is 398 g/mol. The van der Waals surface area contributed by atoms with Gasteiger partial charge in [-0.05, 0) is 55.2 Å². The molecule has 148 valence electrons. The van der Waals surface area contributed by atoms with Crippen molar-refractivity contribution in [1.82, 2.24) is 9.21 Å². The maximum atomic E-state index is 13.9. The first-order valence-electron chi connectivity index (χ1n) is 9.57. The van der Waals surface area contributed by atoms with E-state index in [9.17, 15) is 22.0 Å². The number of benzene rings is 1. The van der Waals surface area contributed by atoms with E-state index in [0.717, 1.165) is 28.8 Å². The second-order valence-electron chi connectivity index (χ2n) is 8.00. The Bertz CT molecular complexity index is 837. The Balaban J connectivity index is 1.37. The average molecular weight is 398 g/mol. The van der Waals surface area contributed by atoms with Crippen molar-refractivity contribution in [2.75, 3.05) is 26.2 Å². The van der Waals surface area contributed by atoms with Crippen LogP contribution in [0.4, 0.5) is 8.78 Å². The summed E-state index contributed by atoms with van der Waals surface area (Å²) in [5.41, 5.74) is 0. The number of carbonyl (C=O) groups excluding carboxylic acids is 1. The second-order valence-corrected chi connectivity index (χ2v) is 9.91. The molecule has 0 N–H and O–H groups in total. The summed E-state index contributed by atoms with van der Waals surface area (Å²) in [5.74, 6) is 0.259. The van der Waals surface area contributed by atoms with Crippen LogP contribution in [0, 0.1) is 29.4 Å². The van der Waals surface area contributed by atoms with Crippen molar-refractivity contribution in [2.24, 2.45) is 17.8 Å². The van der Waals surface area contributed by atoms with Gasteiger partial charge in [0.15, 0.2) is 0 Å². The minimum absolute atomic E-state index is 0.0848. The highest BCUT2D eigenvalue weighted by molar-refractivity contribution is 7.89. The van der Waals surface area contributed by atoms with E-state index in [2.05, 4.69) is 0 Å². The van der Waals surface area contributed by atoms with Crippen LogP contribution >= 0.6 is 0 Å². The molecule has 4 rings (SSSR count). The molecule has 1 heterocycles. The lowest BCUT2D eigenvalue weighted by Crippen LogP contribution is -2.51. The second kappa shape index (κ2) is 7.13. The van der Waals surface area contributed by atoms with Crippen molar-refractivity contribution in [2.45, 2.75) is 37.0 Å². The summed E-state index contributed by atoms with van der Waals surface area (Å²) < 4.78 is 53.6. The maximum Gasteiger partial charge on any atom is 0.246 e. The molecule has 27 heavy (non-hydrogen) atoms. The van der Waals surface area contributed by atoms with Crippen LogP contribution in [0.5, 0.6) is 0 Å². The molecule has 1 saturated heterocycles. The summed E-state index contributed by atoms with van der Waals surface area (Å²) in [6, 6.07) is 2.41. The van der Waals surface area contributed by atoms with Gasteiger partial charge in [0.05, 0.1) is 0 Å². The first-order valence-corrected chi connectivity index (χ1v) is 11.0. The summed E-state index contributed by atoms with van der Waals surface area (Å²) in [6.45, 7) is 0.771. The van der Waals surface area contributed by atoms with Crippen LogP contribution in [0.1, 0.15) is 32.1 Å². The molecule has 1 amide bonds. The predicted molar refractivity (Wildman–Crippen MR) is 95.3 cm³/mol.